The molecule has 0 amide bonds. The largest absolute Gasteiger partial charge is 0.508 e. The molecule has 0 saturated carbocycles. The van der Waals surface area contributed by atoms with Crippen LogP contribution >= 0.6 is 0 Å². The van der Waals surface area contributed by atoms with Gasteiger partial charge in [-0.1, -0.05) is 30.3 Å². The van der Waals surface area contributed by atoms with Crippen molar-refractivity contribution in [2.45, 2.75) is 32.7 Å². The van der Waals surface area contributed by atoms with Crippen molar-refractivity contribution in [3.63, 3.8) is 0 Å². The van der Waals surface area contributed by atoms with E-state index in [1.165, 1.54) is 42.5 Å². The number of hydrogen-bond donors (Lipinski definition) is 2. The summed E-state index contributed by atoms with van der Waals surface area (Å²) >= 11 is 0. The monoisotopic (exact) mass is 766 g/mol. The summed E-state index contributed by atoms with van der Waals surface area (Å²) in [6, 6.07) is 25.2. The van der Waals surface area contributed by atoms with E-state index in [0.717, 1.165) is 5.56 Å². The van der Waals surface area contributed by atoms with Gasteiger partial charge in [0.25, 0.3) is 0 Å². The Bertz CT molecular complexity index is 3150. The van der Waals surface area contributed by atoms with Gasteiger partial charge in [0.15, 0.2) is 28.4 Å². The second kappa shape index (κ2) is 14.0. The molecule has 1 aliphatic rings. The highest BCUT2D eigenvalue weighted by atomic mass is 16.7. The summed E-state index contributed by atoms with van der Waals surface area (Å²) in [6.45, 7) is 2.06. The minimum Gasteiger partial charge on any atom is -0.508 e. The molecule has 0 radical (unpaired) electrons. The first-order valence-corrected chi connectivity index (χ1v) is 17.9. The van der Waals surface area contributed by atoms with Crippen LogP contribution in [0.15, 0.2) is 134 Å². The Morgan fingerprint density at radius 2 is 1.37 bits per heavy atom. The molecule has 284 valence electrons. The van der Waals surface area contributed by atoms with E-state index in [4.69, 9.17) is 31.9 Å². The van der Waals surface area contributed by atoms with E-state index >= 15 is 0 Å². The molecular formula is C44H30O13. The molecule has 13 nitrogen and oxygen atoms in total. The van der Waals surface area contributed by atoms with Crippen LogP contribution in [-0.2, 0) is 24.2 Å². The molecule has 0 bridgehead atoms. The predicted octanol–water partition coefficient (Wildman–Crippen LogP) is 7.23. The summed E-state index contributed by atoms with van der Waals surface area (Å²) in [5.74, 6) is 0.685. The van der Waals surface area contributed by atoms with E-state index in [1.807, 2.05) is 6.92 Å². The third-order valence-corrected chi connectivity index (χ3v) is 9.76. The maximum atomic E-state index is 13.8. The molecule has 1 unspecified atom stereocenters. The Balaban J connectivity index is 1.14. The molecule has 4 aromatic carbocycles. The maximum absolute atomic E-state index is 13.8. The standard InChI is InChI=1S/C44H30O13/c1-2-51-36-8-4-6-29-26(19-39(49)56-42(29)36)21-52-44-32-16-25(15-24-18-38(48)55-41-28(24)5-3-7-33(41)46)43(50)57-40(32)31-14-22(9-11-35(31)54-44)13-23-17-37(47)53-34-12-10-27(45)20-30(23)34/h3-12,14,16-20,44-46H,2,13,15,21H2,1H3. The van der Waals surface area contributed by atoms with Crippen molar-refractivity contribution in [1.29, 1.82) is 0 Å². The SMILES string of the molecule is CCOc1cccc2c(COC3Oc4ccc(Cc5cc(=O)oc6ccc(O)cc56)cc4-c4oc(=O)c(Cc5cc(=O)oc6c(O)cccc56)cc43)cc(=O)oc12. The first kappa shape index (κ1) is 35.3. The number of aromatic hydroxyl groups is 2. The molecule has 2 N–H and O–H groups in total. The molecule has 0 fully saturated rings. The molecule has 57 heavy (non-hydrogen) atoms. The summed E-state index contributed by atoms with van der Waals surface area (Å²) in [5, 5.41) is 22.1. The first-order valence-electron chi connectivity index (χ1n) is 17.9. The van der Waals surface area contributed by atoms with Crippen molar-refractivity contribution >= 4 is 32.9 Å². The number of phenols is 2. The highest BCUT2D eigenvalue weighted by molar-refractivity contribution is 5.86. The van der Waals surface area contributed by atoms with E-state index in [9.17, 15) is 29.4 Å². The average molecular weight is 767 g/mol. The van der Waals surface area contributed by atoms with E-state index in [0.29, 0.717) is 67.7 Å². The van der Waals surface area contributed by atoms with Crippen molar-refractivity contribution in [1.82, 2.24) is 0 Å². The van der Waals surface area contributed by atoms with Crippen molar-refractivity contribution in [3.8, 4) is 34.3 Å². The quantitative estimate of drug-likeness (QED) is 0.140. The lowest BCUT2D eigenvalue weighted by Crippen LogP contribution is -2.21. The molecule has 5 heterocycles. The second-order valence-electron chi connectivity index (χ2n) is 13.5. The second-order valence-corrected chi connectivity index (χ2v) is 13.5. The van der Waals surface area contributed by atoms with E-state index in [-0.39, 0.29) is 53.4 Å². The molecule has 4 aromatic heterocycles. The Morgan fingerprint density at radius 3 is 2.18 bits per heavy atom. The maximum Gasteiger partial charge on any atom is 0.339 e. The first-order chi connectivity index (χ1) is 27.6. The zero-order valence-electron chi connectivity index (χ0n) is 30.0. The summed E-state index contributed by atoms with van der Waals surface area (Å²) in [4.78, 5) is 51.5. The zero-order valence-corrected chi connectivity index (χ0v) is 30.0. The number of ether oxygens (including phenoxy) is 3. The fourth-order valence-corrected chi connectivity index (χ4v) is 7.25. The van der Waals surface area contributed by atoms with Crippen LogP contribution in [0.1, 0.15) is 46.6 Å². The van der Waals surface area contributed by atoms with Crippen LogP contribution in [0.2, 0.25) is 0 Å². The van der Waals surface area contributed by atoms with E-state index < -0.39 is 28.8 Å². The van der Waals surface area contributed by atoms with Gasteiger partial charge in [-0.05, 0) is 84.1 Å². The number of rotatable bonds is 9. The van der Waals surface area contributed by atoms with Crippen molar-refractivity contribution in [3.05, 3.63) is 172 Å². The van der Waals surface area contributed by atoms with Crippen LogP contribution in [0.25, 0.3) is 44.2 Å². The molecule has 13 heteroatoms. The van der Waals surface area contributed by atoms with Gasteiger partial charge in [0, 0.05) is 46.3 Å². The molecule has 8 aromatic rings. The van der Waals surface area contributed by atoms with Crippen LogP contribution in [-0.4, -0.2) is 16.8 Å². The van der Waals surface area contributed by atoms with Crippen LogP contribution in [0, 0.1) is 0 Å². The number of phenolic OH excluding ortho intramolecular Hbond substituents is 2. The van der Waals surface area contributed by atoms with Gasteiger partial charge in [-0.3, -0.25) is 0 Å². The minimum atomic E-state index is -1.15. The van der Waals surface area contributed by atoms with E-state index in [2.05, 4.69) is 0 Å². The Labute approximate surface area is 320 Å². The topological polar surface area (TPSA) is 189 Å². The normalized spacial score (nSPS) is 13.4. The predicted molar refractivity (Wildman–Crippen MR) is 206 cm³/mol. The van der Waals surface area contributed by atoms with Gasteiger partial charge in [-0.2, -0.15) is 0 Å². The van der Waals surface area contributed by atoms with Gasteiger partial charge in [-0.25, -0.2) is 19.2 Å². The highest BCUT2D eigenvalue weighted by Gasteiger charge is 2.31. The fraction of sp³-hybridized carbons (Fsp3) is 0.136. The van der Waals surface area contributed by atoms with Crippen LogP contribution < -0.4 is 32.0 Å². The number of para-hydroxylation sites is 2. The number of benzene rings is 4. The zero-order chi connectivity index (χ0) is 39.4. The lowest BCUT2D eigenvalue weighted by molar-refractivity contribution is -0.0952. The van der Waals surface area contributed by atoms with Gasteiger partial charge in [0.1, 0.15) is 17.1 Å². The third kappa shape index (κ3) is 6.59. The number of fused-ring (bicyclic) bond motifs is 6. The third-order valence-electron chi connectivity index (χ3n) is 9.76. The average Bonchev–Trinajstić information content (AvgIpc) is 3.18. The minimum absolute atomic E-state index is 0.00858. The lowest BCUT2D eigenvalue weighted by Gasteiger charge is -2.28. The molecular weight excluding hydrogens is 736 g/mol. The van der Waals surface area contributed by atoms with Gasteiger partial charge >= 0.3 is 22.5 Å². The van der Waals surface area contributed by atoms with Crippen LogP contribution in [0.5, 0.6) is 23.0 Å². The van der Waals surface area contributed by atoms with Gasteiger partial charge in [0.2, 0.25) is 6.29 Å². The van der Waals surface area contributed by atoms with Gasteiger partial charge < -0.3 is 42.1 Å². The molecule has 1 atom stereocenters. The summed E-state index contributed by atoms with van der Waals surface area (Å²) < 4.78 is 40.7. The molecule has 1 aliphatic heterocycles. The molecule has 9 rings (SSSR count). The van der Waals surface area contributed by atoms with E-state index in [1.54, 1.807) is 54.6 Å². The van der Waals surface area contributed by atoms with Crippen LogP contribution in [0.4, 0.5) is 0 Å². The Hall–Kier alpha value is -7.38. The highest BCUT2D eigenvalue weighted by Crippen LogP contribution is 2.44. The van der Waals surface area contributed by atoms with Crippen molar-refractivity contribution < 1.29 is 42.1 Å². The summed E-state index contributed by atoms with van der Waals surface area (Å²) in [6.07, 6.45) is -0.964. The van der Waals surface area contributed by atoms with Crippen molar-refractivity contribution in [2.75, 3.05) is 6.61 Å². The summed E-state index contributed by atoms with van der Waals surface area (Å²) in [7, 11) is 0. The summed E-state index contributed by atoms with van der Waals surface area (Å²) in [5.41, 5.74) is 1.21. The van der Waals surface area contributed by atoms with Gasteiger partial charge in [0.05, 0.1) is 24.3 Å². The molecule has 0 aliphatic carbocycles. The smallest absolute Gasteiger partial charge is 0.339 e. The Kier molecular flexibility index (Phi) is 8.70. The number of hydrogen-bond acceptors (Lipinski definition) is 13. The molecule has 0 spiro atoms. The van der Waals surface area contributed by atoms with Crippen molar-refractivity contribution in [2.24, 2.45) is 0 Å². The fourth-order valence-electron chi connectivity index (χ4n) is 7.25. The van der Waals surface area contributed by atoms with Crippen LogP contribution in [0.3, 0.4) is 0 Å². The molecule has 0 saturated heterocycles. The van der Waals surface area contributed by atoms with Gasteiger partial charge in [-0.15, -0.1) is 0 Å². The lowest BCUT2D eigenvalue weighted by atomic mass is 9.95. The Morgan fingerprint density at radius 1 is 0.649 bits per heavy atom.